The standard InChI is InChI=1S/C15H22N2O3/c1-15(2,3)20-14(18)17-8-7-11-12(17)6-5-10(9-16)13(11)19-4/h5-6H,7-9,16H2,1-4H3. The first-order valence-corrected chi connectivity index (χ1v) is 6.76. The molecule has 0 bridgehead atoms. The lowest BCUT2D eigenvalue weighted by atomic mass is 10.1. The van der Waals surface area contributed by atoms with E-state index in [-0.39, 0.29) is 6.09 Å². The fourth-order valence-electron chi connectivity index (χ4n) is 2.43. The number of nitrogens with zero attached hydrogens (tertiary/aromatic N) is 1. The van der Waals surface area contributed by atoms with E-state index in [4.69, 9.17) is 15.2 Å². The second kappa shape index (κ2) is 5.32. The monoisotopic (exact) mass is 278 g/mol. The molecule has 1 amide bonds. The molecule has 1 aliphatic heterocycles. The van der Waals surface area contributed by atoms with Crippen molar-refractivity contribution in [3.63, 3.8) is 0 Å². The molecule has 0 radical (unpaired) electrons. The lowest BCUT2D eigenvalue weighted by molar-refractivity contribution is 0.0584. The first-order valence-electron chi connectivity index (χ1n) is 6.76. The lowest BCUT2D eigenvalue weighted by Crippen LogP contribution is -2.35. The van der Waals surface area contributed by atoms with Gasteiger partial charge in [0, 0.05) is 24.2 Å². The van der Waals surface area contributed by atoms with Gasteiger partial charge >= 0.3 is 6.09 Å². The van der Waals surface area contributed by atoms with Crippen molar-refractivity contribution in [2.75, 3.05) is 18.6 Å². The molecule has 1 aromatic rings. The van der Waals surface area contributed by atoms with E-state index in [0.29, 0.717) is 13.1 Å². The van der Waals surface area contributed by atoms with Gasteiger partial charge in [-0.3, -0.25) is 4.90 Å². The lowest BCUT2D eigenvalue weighted by Gasteiger charge is -2.25. The van der Waals surface area contributed by atoms with Crippen LogP contribution in [0.2, 0.25) is 0 Å². The maximum absolute atomic E-state index is 12.2. The first kappa shape index (κ1) is 14.7. The van der Waals surface area contributed by atoms with Crippen LogP contribution in [0.4, 0.5) is 10.5 Å². The molecule has 5 heteroatoms. The summed E-state index contributed by atoms with van der Waals surface area (Å²) in [6, 6.07) is 3.82. The molecule has 0 unspecified atom stereocenters. The van der Waals surface area contributed by atoms with Gasteiger partial charge in [-0.05, 0) is 33.3 Å². The maximum atomic E-state index is 12.2. The third kappa shape index (κ3) is 2.72. The van der Waals surface area contributed by atoms with E-state index in [9.17, 15) is 4.79 Å². The van der Waals surface area contributed by atoms with Gasteiger partial charge in [-0.25, -0.2) is 4.79 Å². The Labute approximate surface area is 119 Å². The molecular weight excluding hydrogens is 256 g/mol. The molecule has 0 saturated carbocycles. The van der Waals surface area contributed by atoms with Crippen molar-refractivity contribution in [3.05, 3.63) is 23.3 Å². The highest BCUT2D eigenvalue weighted by Gasteiger charge is 2.31. The van der Waals surface area contributed by atoms with Gasteiger partial charge in [0.2, 0.25) is 0 Å². The molecule has 0 aromatic heterocycles. The average molecular weight is 278 g/mol. The number of carbonyl (C=O) groups excluding carboxylic acids is 1. The summed E-state index contributed by atoms with van der Waals surface area (Å²) >= 11 is 0. The van der Waals surface area contributed by atoms with Crippen molar-refractivity contribution >= 4 is 11.8 Å². The summed E-state index contributed by atoms with van der Waals surface area (Å²) in [5, 5.41) is 0. The third-order valence-corrected chi connectivity index (χ3v) is 3.23. The number of amides is 1. The number of nitrogens with two attached hydrogens (primary N) is 1. The van der Waals surface area contributed by atoms with Crippen LogP contribution in [0.1, 0.15) is 31.9 Å². The first-order chi connectivity index (χ1) is 9.37. The van der Waals surface area contributed by atoms with Crippen molar-refractivity contribution in [1.29, 1.82) is 0 Å². The zero-order valence-corrected chi connectivity index (χ0v) is 12.5. The molecule has 1 aliphatic rings. The Morgan fingerprint density at radius 2 is 2.10 bits per heavy atom. The molecule has 1 heterocycles. The molecular formula is C15H22N2O3. The minimum absolute atomic E-state index is 0.321. The van der Waals surface area contributed by atoms with E-state index >= 15 is 0 Å². The molecule has 0 aliphatic carbocycles. The van der Waals surface area contributed by atoms with Gasteiger partial charge in [-0.1, -0.05) is 6.07 Å². The SMILES string of the molecule is COc1c(CN)ccc2c1CCN2C(=O)OC(C)(C)C. The highest BCUT2D eigenvalue weighted by Crippen LogP contribution is 2.38. The Balaban J connectivity index is 2.32. The van der Waals surface area contributed by atoms with E-state index in [2.05, 4.69) is 0 Å². The average Bonchev–Trinajstić information content (AvgIpc) is 2.79. The normalized spacial score (nSPS) is 14.2. The van der Waals surface area contributed by atoms with Crippen LogP contribution in [-0.2, 0) is 17.7 Å². The molecule has 110 valence electrons. The number of benzene rings is 1. The number of methoxy groups -OCH3 is 1. The van der Waals surface area contributed by atoms with E-state index in [0.717, 1.165) is 29.0 Å². The van der Waals surface area contributed by atoms with Gasteiger partial charge in [-0.15, -0.1) is 0 Å². The van der Waals surface area contributed by atoms with Gasteiger partial charge in [0.05, 0.1) is 12.8 Å². The number of anilines is 1. The summed E-state index contributed by atoms with van der Waals surface area (Å²) < 4.78 is 10.9. The van der Waals surface area contributed by atoms with Crippen LogP contribution in [0.25, 0.3) is 0 Å². The number of hydrogen-bond donors (Lipinski definition) is 1. The fraction of sp³-hybridized carbons (Fsp3) is 0.533. The van der Waals surface area contributed by atoms with Crippen LogP contribution < -0.4 is 15.4 Å². The van der Waals surface area contributed by atoms with Crippen LogP contribution in [0.3, 0.4) is 0 Å². The number of rotatable bonds is 2. The molecule has 0 saturated heterocycles. The maximum Gasteiger partial charge on any atom is 0.414 e. The van der Waals surface area contributed by atoms with Crippen LogP contribution in [-0.4, -0.2) is 25.3 Å². The third-order valence-electron chi connectivity index (χ3n) is 3.23. The quantitative estimate of drug-likeness (QED) is 0.902. The van der Waals surface area contributed by atoms with E-state index < -0.39 is 5.60 Å². The highest BCUT2D eigenvalue weighted by molar-refractivity contribution is 5.91. The van der Waals surface area contributed by atoms with Crippen LogP contribution >= 0.6 is 0 Å². The van der Waals surface area contributed by atoms with Gasteiger partial charge in [0.25, 0.3) is 0 Å². The predicted octanol–water partition coefficient (Wildman–Crippen LogP) is 2.45. The second-order valence-electron chi connectivity index (χ2n) is 5.84. The Bertz CT molecular complexity index is 521. The Hall–Kier alpha value is -1.75. The second-order valence-corrected chi connectivity index (χ2v) is 5.84. The molecule has 0 atom stereocenters. The van der Waals surface area contributed by atoms with E-state index in [1.807, 2.05) is 32.9 Å². The predicted molar refractivity (Wildman–Crippen MR) is 78.2 cm³/mol. The summed E-state index contributed by atoms with van der Waals surface area (Å²) in [6.45, 7) is 6.61. The van der Waals surface area contributed by atoms with Gasteiger partial charge in [0.1, 0.15) is 11.4 Å². The topological polar surface area (TPSA) is 64.8 Å². The smallest absolute Gasteiger partial charge is 0.414 e. The van der Waals surface area contributed by atoms with E-state index in [1.54, 1.807) is 12.0 Å². The Morgan fingerprint density at radius 1 is 1.40 bits per heavy atom. The van der Waals surface area contributed by atoms with Gasteiger partial charge < -0.3 is 15.2 Å². The van der Waals surface area contributed by atoms with Crippen molar-refractivity contribution in [2.45, 2.75) is 39.3 Å². The summed E-state index contributed by atoms with van der Waals surface area (Å²) in [7, 11) is 1.63. The summed E-state index contributed by atoms with van der Waals surface area (Å²) in [6.07, 6.45) is 0.435. The fourth-order valence-corrected chi connectivity index (χ4v) is 2.43. The molecule has 0 spiro atoms. The number of hydrogen-bond acceptors (Lipinski definition) is 4. The summed E-state index contributed by atoms with van der Waals surface area (Å²) in [5.74, 6) is 0.788. The largest absolute Gasteiger partial charge is 0.496 e. The molecule has 2 rings (SSSR count). The van der Waals surface area contributed by atoms with Gasteiger partial charge in [0.15, 0.2) is 0 Å². The van der Waals surface area contributed by atoms with Crippen molar-refractivity contribution in [1.82, 2.24) is 0 Å². The molecule has 0 fully saturated rings. The number of fused-ring (bicyclic) bond motifs is 1. The minimum Gasteiger partial charge on any atom is -0.496 e. The van der Waals surface area contributed by atoms with Crippen LogP contribution in [0, 0.1) is 0 Å². The van der Waals surface area contributed by atoms with Gasteiger partial charge in [-0.2, -0.15) is 0 Å². The molecule has 2 N–H and O–H groups in total. The Morgan fingerprint density at radius 3 is 2.65 bits per heavy atom. The molecule has 20 heavy (non-hydrogen) atoms. The highest BCUT2D eigenvalue weighted by atomic mass is 16.6. The molecule has 1 aromatic carbocycles. The number of carbonyl (C=O) groups is 1. The molecule has 5 nitrogen and oxygen atoms in total. The zero-order chi connectivity index (χ0) is 14.9. The van der Waals surface area contributed by atoms with Crippen molar-refractivity contribution in [3.8, 4) is 5.75 Å². The zero-order valence-electron chi connectivity index (χ0n) is 12.5. The van der Waals surface area contributed by atoms with E-state index in [1.165, 1.54) is 0 Å². The Kier molecular flexibility index (Phi) is 3.90. The number of ether oxygens (including phenoxy) is 2. The summed E-state index contributed by atoms with van der Waals surface area (Å²) in [5.41, 5.74) is 8.05. The summed E-state index contributed by atoms with van der Waals surface area (Å²) in [4.78, 5) is 13.9. The van der Waals surface area contributed by atoms with Crippen molar-refractivity contribution < 1.29 is 14.3 Å². The van der Waals surface area contributed by atoms with Crippen LogP contribution in [0.15, 0.2) is 12.1 Å². The van der Waals surface area contributed by atoms with Crippen molar-refractivity contribution in [2.24, 2.45) is 5.73 Å². The van der Waals surface area contributed by atoms with Crippen LogP contribution in [0.5, 0.6) is 5.75 Å². The minimum atomic E-state index is -0.499.